The van der Waals surface area contributed by atoms with Crippen molar-refractivity contribution in [2.24, 2.45) is 0 Å². The highest BCUT2D eigenvalue weighted by Gasteiger charge is 2.13. The van der Waals surface area contributed by atoms with Gasteiger partial charge >= 0.3 is 0 Å². The Morgan fingerprint density at radius 1 is 1.11 bits per heavy atom. The van der Waals surface area contributed by atoms with Crippen LogP contribution in [-0.4, -0.2) is 5.33 Å². The molecule has 2 rings (SSSR count). The van der Waals surface area contributed by atoms with Crippen molar-refractivity contribution in [2.75, 3.05) is 5.33 Å². The highest BCUT2D eigenvalue weighted by atomic mass is 79.9. The maximum Gasteiger partial charge on any atom is 0.123 e. The molecule has 0 radical (unpaired) electrons. The predicted octanol–water partition coefficient (Wildman–Crippen LogP) is 5.85. The predicted molar refractivity (Wildman–Crippen MR) is 83.1 cm³/mol. The summed E-state index contributed by atoms with van der Waals surface area (Å²) in [5.41, 5.74) is 1.97. The summed E-state index contributed by atoms with van der Waals surface area (Å²) in [6.45, 7) is 0. The average Bonchev–Trinajstić information content (AvgIpc) is 2.38. The van der Waals surface area contributed by atoms with Crippen LogP contribution in [0.1, 0.15) is 17.0 Å². The molecular formula is C15H12BrCl2F. The maximum atomic E-state index is 13.3. The fourth-order valence-corrected chi connectivity index (χ4v) is 3.06. The number of hydrogen-bond donors (Lipinski definition) is 0. The second-order valence-electron chi connectivity index (χ2n) is 4.35. The largest absolute Gasteiger partial charge is 0.207 e. The van der Waals surface area contributed by atoms with Crippen molar-refractivity contribution in [3.05, 3.63) is 69.5 Å². The van der Waals surface area contributed by atoms with Gasteiger partial charge in [0.2, 0.25) is 0 Å². The first kappa shape index (κ1) is 14.8. The van der Waals surface area contributed by atoms with Crippen LogP contribution in [0, 0.1) is 5.82 Å². The van der Waals surface area contributed by atoms with Gasteiger partial charge in [-0.15, -0.1) is 0 Å². The van der Waals surface area contributed by atoms with E-state index < -0.39 is 0 Å². The Kier molecular flexibility index (Phi) is 5.26. The Labute approximate surface area is 130 Å². The molecule has 0 aliphatic rings. The molecule has 0 aromatic heterocycles. The molecule has 0 N–H and O–H groups in total. The van der Waals surface area contributed by atoms with Gasteiger partial charge in [-0.3, -0.25) is 0 Å². The summed E-state index contributed by atoms with van der Waals surface area (Å²) in [5.74, 6) is -0.0416. The molecule has 1 atom stereocenters. The molecule has 0 bridgehead atoms. The minimum Gasteiger partial charge on any atom is -0.207 e. The second-order valence-corrected chi connectivity index (χ2v) is 5.84. The summed E-state index contributed by atoms with van der Waals surface area (Å²) >= 11 is 15.5. The minimum atomic E-state index is -0.217. The highest BCUT2D eigenvalue weighted by Crippen LogP contribution is 2.28. The average molecular weight is 362 g/mol. The normalized spacial score (nSPS) is 12.4. The van der Waals surface area contributed by atoms with Crippen LogP contribution in [0.5, 0.6) is 0 Å². The lowest BCUT2D eigenvalue weighted by Crippen LogP contribution is -2.05. The Hall–Kier alpha value is -0.570. The number of hydrogen-bond acceptors (Lipinski definition) is 0. The maximum absolute atomic E-state index is 13.3. The van der Waals surface area contributed by atoms with E-state index in [9.17, 15) is 4.39 Å². The summed E-state index contributed by atoms with van der Waals surface area (Å²) in [5, 5.41) is 2.01. The molecule has 0 heterocycles. The van der Waals surface area contributed by atoms with Crippen LogP contribution in [0.25, 0.3) is 0 Å². The summed E-state index contributed by atoms with van der Waals surface area (Å²) in [6, 6.07) is 12.1. The van der Waals surface area contributed by atoms with Crippen LogP contribution in [-0.2, 0) is 6.42 Å². The standard InChI is InChI=1S/C15H12BrCl2F/c16-9-12(10-2-1-3-14(19)7-10)6-11-4-5-13(17)8-15(11)18/h1-5,7-8,12H,6,9H2. The van der Waals surface area contributed by atoms with E-state index in [4.69, 9.17) is 23.2 Å². The zero-order chi connectivity index (χ0) is 13.8. The third kappa shape index (κ3) is 3.95. The molecular weight excluding hydrogens is 350 g/mol. The van der Waals surface area contributed by atoms with Crippen molar-refractivity contribution in [1.29, 1.82) is 0 Å². The first-order valence-electron chi connectivity index (χ1n) is 5.85. The molecule has 2 aromatic rings. The molecule has 1 unspecified atom stereocenters. The van der Waals surface area contributed by atoms with Gasteiger partial charge in [0.1, 0.15) is 5.82 Å². The Bertz CT molecular complexity index is 572. The van der Waals surface area contributed by atoms with Crippen molar-refractivity contribution in [3.8, 4) is 0 Å². The number of rotatable bonds is 4. The molecule has 0 aliphatic heterocycles. The molecule has 0 nitrogen and oxygen atoms in total. The van der Waals surface area contributed by atoms with Gasteiger partial charge in [0.15, 0.2) is 0 Å². The third-order valence-electron chi connectivity index (χ3n) is 2.99. The van der Waals surface area contributed by atoms with Crippen LogP contribution in [0.15, 0.2) is 42.5 Å². The molecule has 0 amide bonds. The van der Waals surface area contributed by atoms with Gasteiger partial charge in [-0.1, -0.05) is 57.3 Å². The first-order chi connectivity index (χ1) is 9.10. The van der Waals surface area contributed by atoms with E-state index in [1.807, 2.05) is 18.2 Å². The fraction of sp³-hybridized carbons (Fsp3) is 0.200. The van der Waals surface area contributed by atoms with Crippen LogP contribution < -0.4 is 0 Å². The molecule has 0 saturated heterocycles. The molecule has 0 spiro atoms. The molecule has 2 aromatic carbocycles. The molecule has 19 heavy (non-hydrogen) atoms. The third-order valence-corrected chi connectivity index (χ3v) is 4.36. The zero-order valence-corrected chi connectivity index (χ0v) is 13.1. The molecule has 4 heteroatoms. The lowest BCUT2D eigenvalue weighted by molar-refractivity contribution is 0.621. The molecule has 100 valence electrons. The van der Waals surface area contributed by atoms with Gasteiger partial charge in [0.05, 0.1) is 0 Å². The lowest BCUT2D eigenvalue weighted by atomic mass is 9.93. The molecule has 0 saturated carbocycles. The smallest absolute Gasteiger partial charge is 0.123 e. The van der Waals surface area contributed by atoms with E-state index in [-0.39, 0.29) is 11.7 Å². The van der Waals surface area contributed by atoms with Crippen molar-refractivity contribution in [1.82, 2.24) is 0 Å². The molecule has 0 fully saturated rings. The van der Waals surface area contributed by atoms with E-state index in [1.165, 1.54) is 6.07 Å². The van der Waals surface area contributed by atoms with Crippen LogP contribution >= 0.6 is 39.1 Å². The van der Waals surface area contributed by atoms with Gasteiger partial charge in [0.25, 0.3) is 0 Å². The minimum absolute atomic E-state index is 0.175. The lowest BCUT2D eigenvalue weighted by Gasteiger charge is -2.16. The van der Waals surface area contributed by atoms with Crippen molar-refractivity contribution in [3.63, 3.8) is 0 Å². The van der Waals surface area contributed by atoms with Crippen molar-refractivity contribution >= 4 is 39.1 Å². The Morgan fingerprint density at radius 3 is 2.53 bits per heavy atom. The molecule has 0 aliphatic carbocycles. The van der Waals surface area contributed by atoms with E-state index in [2.05, 4.69) is 15.9 Å². The number of halogens is 4. The van der Waals surface area contributed by atoms with Crippen molar-refractivity contribution in [2.45, 2.75) is 12.3 Å². The summed E-state index contributed by atoms with van der Waals surface area (Å²) in [7, 11) is 0. The monoisotopic (exact) mass is 360 g/mol. The highest BCUT2D eigenvalue weighted by molar-refractivity contribution is 9.09. The zero-order valence-electron chi connectivity index (χ0n) is 10.0. The van der Waals surface area contributed by atoms with Gasteiger partial charge in [-0.25, -0.2) is 4.39 Å². The number of alkyl halides is 1. The summed E-state index contributed by atoms with van der Waals surface area (Å²) in [6.07, 6.45) is 0.741. The second kappa shape index (κ2) is 6.74. The van der Waals surface area contributed by atoms with Crippen LogP contribution in [0.4, 0.5) is 4.39 Å². The fourth-order valence-electron chi connectivity index (χ4n) is 1.97. The van der Waals surface area contributed by atoms with E-state index in [0.29, 0.717) is 10.0 Å². The van der Waals surface area contributed by atoms with E-state index in [1.54, 1.807) is 18.2 Å². The van der Waals surface area contributed by atoms with Gasteiger partial charge in [-0.05, 0) is 47.7 Å². The number of benzene rings is 2. The summed E-state index contributed by atoms with van der Waals surface area (Å²) in [4.78, 5) is 0. The van der Waals surface area contributed by atoms with Gasteiger partial charge in [0, 0.05) is 15.4 Å². The Balaban J connectivity index is 2.24. The van der Waals surface area contributed by atoms with Crippen molar-refractivity contribution < 1.29 is 4.39 Å². The van der Waals surface area contributed by atoms with E-state index >= 15 is 0 Å². The van der Waals surface area contributed by atoms with Gasteiger partial charge in [-0.2, -0.15) is 0 Å². The van der Waals surface area contributed by atoms with Crippen LogP contribution in [0.3, 0.4) is 0 Å². The SMILES string of the molecule is Fc1cccc(C(CBr)Cc2ccc(Cl)cc2Cl)c1. The van der Waals surface area contributed by atoms with E-state index in [0.717, 1.165) is 22.9 Å². The first-order valence-corrected chi connectivity index (χ1v) is 7.73. The quantitative estimate of drug-likeness (QED) is 0.599. The topological polar surface area (TPSA) is 0 Å². The summed E-state index contributed by atoms with van der Waals surface area (Å²) < 4.78 is 13.3. The van der Waals surface area contributed by atoms with Gasteiger partial charge < -0.3 is 0 Å². The Morgan fingerprint density at radius 2 is 1.89 bits per heavy atom. The van der Waals surface area contributed by atoms with Crippen LogP contribution in [0.2, 0.25) is 10.0 Å².